The minimum Gasteiger partial charge on any atom is -0.423 e. The van der Waals surface area contributed by atoms with E-state index in [9.17, 15) is 4.79 Å². The molecule has 124 valence electrons. The molecule has 1 saturated heterocycles. The van der Waals surface area contributed by atoms with Crippen LogP contribution in [0.5, 0.6) is 0 Å². The van der Waals surface area contributed by atoms with Crippen molar-refractivity contribution in [1.82, 2.24) is 19.7 Å². The number of aromatic nitrogens is 3. The van der Waals surface area contributed by atoms with Crippen LogP contribution in [0.2, 0.25) is 0 Å². The van der Waals surface area contributed by atoms with Crippen LogP contribution in [0.4, 0.5) is 6.01 Å². The van der Waals surface area contributed by atoms with Crippen molar-refractivity contribution >= 4 is 23.0 Å². The lowest BCUT2D eigenvalue weighted by Gasteiger charge is -2.20. The zero-order valence-corrected chi connectivity index (χ0v) is 13.6. The molecule has 3 heterocycles. The van der Waals surface area contributed by atoms with Crippen LogP contribution in [0.1, 0.15) is 16.9 Å². The van der Waals surface area contributed by atoms with Crippen LogP contribution in [-0.4, -0.2) is 51.8 Å². The third-order valence-electron chi connectivity index (χ3n) is 4.27. The first kappa shape index (κ1) is 14.7. The maximum atomic E-state index is 12.5. The average Bonchev–Trinajstić information content (AvgIpc) is 3.13. The van der Waals surface area contributed by atoms with Crippen molar-refractivity contribution in [2.45, 2.75) is 6.42 Å². The number of benzene rings is 1. The predicted octanol–water partition coefficient (Wildman–Crippen LogP) is 1.91. The normalized spacial score (nSPS) is 15.7. The third-order valence-corrected chi connectivity index (χ3v) is 4.27. The van der Waals surface area contributed by atoms with E-state index in [1.807, 2.05) is 36.2 Å². The SMILES string of the molecule is Cn1ccc(C(=O)N2CCCN(c3nc4ccccc4o3)CC2)n1. The Bertz CT molecular complexity index is 836. The summed E-state index contributed by atoms with van der Waals surface area (Å²) in [6.45, 7) is 2.87. The number of aryl methyl sites for hydroxylation is 1. The number of rotatable bonds is 2. The van der Waals surface area contributed by atoms with E-state index in [0.717, 1.165) is 24.1 Å². The molecule has 24 heavy (non-hydrogen) atoms. The number of hydrogen-bond donors (Lipinski definition) is 0. The van der Waals surface area contributed by atoms with Gasteiger partial charge < -0.3 is 14.2 Å². The van der Waals surface area contributed by atoms with Gasteiger partial charge >= 0.3 is 0 Å². The Morgan fingerprint density at radius 3 is 2.79 bits per heavy atom. The quantitative estimate of drug-likeness (QED) is 0.720. The highest BCUT2D eigenvalue weighted by molar-refractivity contribution is 5.92. The van der Waals surface area contributed by atoms with E-state index in [1.165, 1.54) is 0 Å². The van der Waals surface area contributed by atoms with Crippen LogP contribution >= 0.6 is 0 Å². The molecule has 0 radical (unpaired) electrons. The Morgan fingerprint density at radius 2 is 2.00 bits per heavy atom. The summed E-state index contributed by atoms with van der Waals surface area (Å²) < 4.78 is 7.49. The molecule has 0 spiro atoms. The van der Waals surface area contributed by atoms with Gasteiger partial charge in [-0.15, -0.1) is 0 Å². The number of hydrogen-bond acceptors (Lipinski definition) is 5. The molecule has 3 aromatic rings. The highest BCUT2D eigenvalue weighted by Crippen LogP contribution is 2.22. The van der Waals surface area contributed by atoms with Gasteiger partial charge in [0.05, 0.1) is 0 Å². The number of fused-ring (bicyclic) bond motifs is 1. The first-order valence-electron chi connectivity index (χ1n) is 8.10. The van der Waals surface area contributed by atoms with Gasteiger partial charge in [-0.3, -0.25) is 9.48 Å². The summed E-state index contributed by atoms with van der Waals surface area (Å²) in [7, 11) is 1.81. The lowest BCUT2D eigenvalue weighted by atomic mass is 10.3. The van der Waals surface area contributed by atoms with Gasteiger partial charge in [-0.2, -0.15) is 10.1 Å². The molecule has 0 saturated carbocycles. The fourth-order valence-corrected chi connectivity index (χ4v) is 3.00. The summed E-state index contributed by atoms with van der Waals surface area (Å²) >= 11 is 0. The Morgan fingerprint density at radius 1 is 1.12 bits per heavy atom. The number of para-hydroxylation sites is 2. The summed E-state index contributed by atoms with van der Waals surface area (Å²) in [4.78, 5) is 21.0. The number of carbonyl (C=O) groups excluding carboxylic acids is 1. The van der Waals surface area contributed by atoms with Gasteiger partial charge in [-0.05, 0) is 24.6 Å². The van der Waals surface area contributed by atoms with Crippen molar-refractivity contribution in [3.05, 3.63) is 42.2 Å². The van der Waals surface area contributed by atoms with E-state index in [-0.39, 0.29) is 5.91 Å². The Balaban J connectivity index is 1.48. The molecular weight excluding hydrogens is 306 g/mol. The Kier molecular flexibility index (Phi) is 3.68. The minimum atomic E-state index is -0.0185. The van der Waals surface area contributed by atoms with Crippen molar-refractivity contribution in [3.63, 3.8) is 0 Å². The molecular formula is C17H19N5O2. The highest BCUT2D eigenvalue weighted by Gasteiger charge is 2.23. The van der Waals surface area contributed by atoms with Crippen molar-refractivity contribution in [2.24, 2.45) is 7.05 Å². The average molecular weight is 325 g/mol. The van der Waals surface area contributed by atoms with Gasteiger partial charge in [0.2, 0.25) is 0 Å². The second-order valence-corrected chi connectivity index (χ2v) is 5.97. The molecule has 0 aliphatic carbocycles. The summed E-state index contributed by atoms with van der Waals surface area (Å²) in [5.74, 6) is -0.0185. The van der Waals surface area contributed by atoms with E-state index in [2.05, 4.69) is 15.0 Å². The van der Waals surface area contributed by atoms with Crippen molar-refractivity contribution in [2.75, 3.05) is 31.1 Å². The van der Waals surface area contributed by atoms with Crippen LogP contribution in [0, 0.1) is 0 Å². The molecule has 1 amide bonds. The van der Waals surface area contributed by atoms with Gasteiger partial charge in [0.25, 0.3) is 11.9 Å². The van der Waals surface area contributed by atoms with Crippen molar-refractivity contribution in [3.8, 4) is 0 Å². The predicted molar refractivity (Wildman–Crippen MR) is 90.0 cm³/mol. The van der Waals surface area contributed by atoms with Gasteiger partial charge in [0.15, 0.2) is 5.58 Å². The van der Waals surface area contributed by atoms with E-state index < -0.39 is 0 Å². The lowest BCUT2D eigenvalue weighted by Crippen LogP contribution is -2.35. The molecule has 1 aliphatic rings. The molecule has 7 heteroatoms. The van der Waals surface area contributed by atoms with E-state index in [0.29, 0.717) is 31.3 Å². The zero-order chi connectivity index (χ0) is 16.5. The number of carbonyl (C=O) groups is 1. The largest absolute Gasteiger partial charge is 0.423 e. The standard InChI is InChI=1S/C17H19N5O2/c1-20-10-7-14(19-20)16(23)21-8-4-9-22(12-11-21)17-18-13-5-2-3-6-15(13)24-17/h2-3,5-7,10H,4,8-9,11-12H2,1H3. The molecule has 0 atom stereocenters. The topological polar surface area (TPSA) is 67.4 Å². The van der Waals surface area contributed by atoms with E-state index in [1.54, 1.807) is 16.9 Å². The molecule has 0 N–H and O–H groups in total. The van der Waals surface area contributed by atoms with Crippen molar-refractivity contribution in [1.29, 1.82) is 0 Å². The van der Waals surface area contributed by atoms with Crippen LogP contribution in [-0.2, 0) is 7.05 Å². The van der Waals surface area contributed by atoms with Crippen LogP contribution in [0.25, 0.3) is 11.1 Å². The molecule has 0 bridgehead atoms. The molecule has 7 nitrogen and oxygen atoms in total. The maximum absolute atomic E-state index is 12.5. The third kappa shape index (κ3) is 2.73. The molecule has 4 rings (SSSR count). The van der Waals surface area contributed by atoms with E-state index in [4.69, 9.17) is 4.42 Å². The second kappa shape index (κ2) is 5.99. The molecule has 1 fully saturated rings. The summed E-state index contributed by atoms with van der Waals surface area (Å²) in [5.41, 5.74) is 2.14. The Hall–Kier alpha value is -2.83. The summed E-state index contributed by atoms with van der Waals surface area (Å²) in [6.07, 6.45) is 2.66. The fraction of sp³-hybridized carbons (Fsp3) is 0.353. The van der Waals surface area contributed by atoms with Gasteiger partial charge in [0, 0.05) is 39.4 Å². The first-order chi connectivity index (χ1) is 11.7. The lowest BCUT2D eigenvalue weighted by molar-refractivity contribution is 0.0760. The van der Waals surface area contributed by atoms with Crippen LogP contribution in [0.3, 0.4) is 0 Å². The first-order valence-corrected chi connectivity index (χ1v) is 8.10. The second-order valence-electron chi connectivity index (χ2n) is 5.97. The fourth-order valence-electron chi connectivity index (χ4n) is 3.00. The molecule has 1 aliphatic heterocycles. The van der Waals surface area contributed by atoms with Crippen molar-refractivity contribution < 1.29 is 9.21 Å². The molecule has 2 aromatic heterocycles. The number of oxazole rings is 1. The maximum Gasteiger partial charge on any atom is 0.298 e. The van der Waals surface area contributed by atoms with Crippen LogP contribution < -0.4 is 4.90 Å². The Labute approximate surface area is 139 Å². The summed E-state index contributed by atoms with van der Waals surface area (Å²) in [5, 5.41) is 4.20. The van der Waals surface area contributed by atoms with E-state index >= 15 is 0 Å². The number of amides is 1. The molecule has 0 unspecified atom stereocenters. The molecule has 1 aromatic carbocycles. The van der Waals surface area contributed by atoms with Gasteiger partial charge in [-0.1, -0.05) is 12.1 Å². The van der Waals surface area contributed by atoms with Gasteiger partial charge in [-0.25, -0.2) is 0 Å². The number of anilines is 1. The number of nitrogens with zero attached hydrogens (tertiary/aromatic N) is 5. The highest BCUT2D eigenvalue weighted by atomic mass is 16.4. The monoisotopic (exact) mass is 325 g/mol. The van der Waals surface area contributed by atoms with Crippen LogP contribution in [0.15, 0.2) is 40.9 Å². The smallest absolute Gasteiger partial charge is 0.298 e. The van der Waals surface area contributed by atoms with Gasteiger partial charge in [0.1, 0.15) is 11.2 Å². The zero-order valence-electron chi connectivity index (χ0n) is 13.6. The summed E-state index contributed by atoms with van der Waals surface area (Å²) in [6, 6.07) is 10.1. The minimum absolute atomic E-state index is 0.0185.